The molecule has 24 heteroatoms. The lowest BCUT2D eigenvalue weighted by atomic mass is 9.83. The molecular weight excluding hydrogens is 1970 g/mol. The number of benzene rings is 8. The first-order valence-electron chi connectivity index (χ1n) is 50.1. The average molecular weight is 2120 g/mol. The number of aryl methyl sites for hydroxylation is 1. The first-order chi connectivity index (χ1) is 68.4. The van der Waals surface area contributed by atoms with Gasteiger partial charge in [-0.1, -0.05) is 222 Å². The predicted molar refractivity (Wildman–Crippen MR) is 608 cm³/mol. The van der Waals surface area contributed by atoms with Crippen LogP contribution in [0.15, 0.2) is 228 Å². The Labute approximate surface area is 881 Å². The Bertz CT molecular complexity index is 6920. The summed E-state index contributed by atoms with van der Waals surface area (Å²) in [7, 11) is 6.68. The van der Waals surface area contributed by atoms with Gasteiger partial charge < -0.3 is 47.9 Å². The molecule has 0 atom stereocenters. The number of hydrogen-bond donors (Lipinski definition) is 2. The molecule has 2 N–H and O–H groups in total. The van der Waals surface area contributed by atoms with Crippen molar-refractivity contribution in [3.05, 3.63) is 256 Å². The van der Waals surface area contributed by atoms with Crippen LogP contribution in [0.3, 0.4) is 0 Å². The Kier molecular flexibility index (Phi) is 34.6. The fraction of sp³-hybridized carbons (Fsp3) is 0.385. The number of aromatic nitrogens is 7. The van der Waals surface area contributed by atoms with Crippen molar-refractivity contribution in [1.29, 1.82) is 0 Å². The third-order valence-corrected chi connectivity index (χ3v) is 31.1. The molecule has 146 heavy (non-hydrogen) atoms. The molecule has 2 saturated carbocycles. The average Bonchev–Trinajstić information content (AvgIpc) is 1.64. The molecule has 0 saturated heterocycles. The minimum absolute atomic E-state index is 0. The summed E-state index contributed by atoms with van der Waals surface area (Å²) in [4.78, 5) is 59.6. The van der Waals surface area contributed by atoms with E-state index in [1.807, 2.05) is 85.1 Å². The normalized spacial score (nSPS) is 13.5. The Morgan fingerprint density at radius 1 is 0.349 bits per heavy atom. The van der Waals surface area contributed by atoms with Gasteiger partial charge in [-0.3, -0.25) is 13.7 Å². The van der Waals surface area contributed by atoms with Gasteiger partial charge in [0.05, 0.1) is 106 Å². The molecule has 2 aliphatic rings. The number of ether oxygens (including phenoxy) is 8. The highest BCUT2D eigenvalue weighted by Gasteiger charge is 2.37. The van der Waals surface area contributed by atoms with Crippen molar-refractivity contribution < 1.29 is 62.3 Å². The van der Waals surface area contributed by atoms with E-state index < -0.39 is 42.2 Å². The van der Waals surface area contributed by atoms with Crippen molar-refractivity contribution in [2.45, 2.75) is 274 Å². The number of carbonyl (C=O) groups excluding carboxylic acids is 3. The molecule has 15 aromatic rings. The number of halogens is 2. The van der Waals surface area contributed by atoms with Crippen LogP contribution < -0.4 is 34.6 Å². The highest BCUT2D eigenvalue weighted by atomic mass is 79.9. The zero-order valence-corrected chi connectivity index (χ0v) is 93.4. The van der Waals surface area contributed by atoms with Crippen LogP contribution >= 0.6 is 39.8 Å². The van der Waals surface area contributed by atoms with Crippen molar-refractivity contribution in [2.24, 2.45) is 0 Å². The highest BCUT2D eigenvalue weighted by molar-refractivity contribution is 9.11. The predicted octanol–water partition coefficient (Wildman–Crippen LogP) is 31.5. The zero-order valence-electron chi connectivity index (χ0n) is 89.3. The SMILES string of the molecule is C.CC(C)(C)OC(=O)n1cccc1B(O)O.COc1c(-c2ccc3ccc4ccc(-c5cc(C(C)(C)C)cc(-c6cccn6C(=O)OC(C)(C)C)c5OC)nc4c3n2)cc(C(C)(C)C)cc1-c1cccn1C(=O)OC(C)(C)C.COc1c(Br)cc(C(C)(C)C)cc1-c1ccc2ccc3ccc(-c4cc(C(C)(C)C)cc(Br)c4OC)nc3c2n1.COc1cccc(C)c1-c1ccccc1P(C1CCCCC1)C1CCCCC1. The van der Waals surface area contributed by atoms with E-state index in [0.29, 0.717) is 45.3 Å². The number of pyridine rings is 4. The number of carbonyl (C=O) groups is 3. The van der Waals surface area contributed by atoms with Crippen LogP contribution in [0.25, 0.3) is 122 Å². The van der Waals surface area contributed by atoms with E-state index in [1.54, 1.807) is 73.0 Å². The fourth-order valence-electron chi connectivity index (χ4n) is 19.0. The van der Waals surface area contributed by atoms with Gasteiger partial charge >= 0.3 is 25.4 Å². The van der Waals surface area contributed by atoms with E-state index in [9.17, 15) is 14.4 Å². The van der Waals surface area contributed by atoms with Crippen LogP contribution in [0, 0.1) is 6.92 Å². The van der Waals surface area contributed by atoms with Crippen molar-refractivity contribution >= 4 is 120 Å². The first-order valence-corrected chi connectivity index (χ1v) is 53.2. The molecule has 0 spiro atoms. The van der Waals surface area contributed by atoms with E-state index in [4.69, 9.17) is 67.9 Å². The summed E-state index contributed by atoms with van der Waals surface area (Å²) in [5.74, 6) is 3.71. The minimum atomic E-state index is -1.69. The molecular formula is C122H145BBr2N7O13P. The number of nitrogens with zero attached hydrogens (tertiary/aromatic N) is 7. The van der Waals surface area contributed by atoms with Crippen molar-refractivity contribution in [3.63, 3.8) is 0 Å². The van der Waals surface area contributed by atoms with E-state index in [0.717, 1.165) is 131 Å². The number of methoxy groups -OCH3 is 5. The highest BCUT2D eigenvalue weighted by Crippen LogP contribution is 2.58. The standard InChI is InChI=1S/C52H58N4O6.C34H34Br2N2O2.C26H35OP.C9H14BNO4.CH4/c1-49(2,3)33-27-35(45(59-13)37(29-33)41-17-15-25-55(41)47(57)61-51(7,8)9)39-23-21-31-19-20-32-22-24-40(54-44(32)43(31)53-39)36-28-34(50(4,5)6)30-38(46(36)60-14)42-18-16-26-56(42)48(58)62-52(10,11)12;1-33(2,3)21-15-23(31(39-7)25(35)17-21)27-13-11-19-9-10-20-12-14-28(38-30(20)29(19)37-27)24-16-22(34(4,5)6)18-26(36)32(24)40-8;1-20-12-11-18-24(27-2)26(20)23-17-9-10-19-25(23)28(21-13-5-3-6-14-21)22-15-7-4-8-16-22;1-9(2,3)15-8(12)11-6-4-5-7(11)10(13)14;/h15-30H,1-14H3;9-18H,1-8H3;9-12,17-19,21-22H,3-8,13-16H2,1-2H3;4-6,13-14H,1-3H3;1H4. The summed E-state index contributed by atoms with van der Waals surface area (Å²) in [6, 6.07) is 68.1. The molecule has 2 aliphatic carbocycles. The topological polar surface area (TPSA) is 232 Å². The van der Waals surface area contributed by atoms with E-state index in [1.165, 1.54) is 113 Å². The molecule has 20 nitrogen and oxygen atoms in total. The molecule has 17 rings (SSSR count). The maximum atomic E-state index is 13.5. The van der Waals surface area contributed by atoms with Crippen LogP contribution in [-0.4, -0.2) is 133 Å². The van der Waals surface area contributed by atoms with Gasteiger partial charge in [0.25, 0.3) is 0 Å². The smallest absolute Gasteiger partial charge is 0.496 e. The van der Waals surface area contributed by atoms with E-state index >= 15 is 0 Å². The van der Waals surface area contributed by atoms with Crippen molar-refractivity contribution in [3.8, 4) is 107 Å². The Morgan fingerprint density at radius 2 is 0.658 bits per heavy atom. The molecule has 0 amide bonds. The lowest BCUT2D eigenvalue weighted by molar-refractivity contribution is 0.0528. The van der Waals surface area contributed by atoms with Crippen molar-refractivity contribution in [1.82, 2.24) is 33.6 Å². The fourth-order valence-corrected chi connectivity index (χ4v) is 24.2. The molecule has 7 aromatic heterocycles. The number of fused-ring (bicyclic) bond motifs is 6. The molecule has 0 unspecified atom stereocenters. The second kappa shape index (κ2) is 45.4. The molecule has 768 valence electrons. The van der Waals surface area contributed by atoms with Crippen LogP contribution in [0.5, 0.6) is 28.7 Å². The molecule has 7 heterocycles. The summed E-state index contributed by atoms with van der Waals surface area (Å²) in [5, 5.41) is 23.5. The maximum absolute atomic E-state index is 13.5. The summed E-state index contributed by atoms with van der Waals surface area (Å²) < 4.78 is 52.5. The number of rotatable bonds is 16. The minimum Gasteiger partial charge on any atom is -0.496 e. The van der Waals surface area contributed by atoms with Gasteiger partial charge in [0.15, 0.2) is 0 Å². The maximum Gasteiger partial charge on any atom is 0.506 e. The second-order valence-electron chi connectivity index (χ2n) is 44.8. The second-order valence-corrected chi connectivity index (χ2v) is 49.3. The lowest BCUT2D eigenvalue weighted by Gasteiger charge is -2.39. The van der Waals surface area contributed by atoms with Crippen LogP contribution in [-0.2, 0) is 35.9 Å². The largest absolute Gasteiger partial charge is 0.506 e. The van der Waals surface area contributed by atoms with E-state index in [2.05, 4.69) is 274 Å². The van der Waals surface area contributed by atoms with Gasteiger partial charge in [0.1, 0.15) is 45.6 Å². The van der Waals surface area contributed by atoms with Gasteiger partial charge in [0, 0.05) is 79.1 Å². The third-order valence-electron chi connectivity index (χ3n) is 26.4. The Balaban J connectivity index is 0.000000181. The summed E-state index contributed by atoms with van der Waals surface area (Å²) in [6.45, 7) is 44.8. The monoisotopic (exact) mass is 2120 g/mol. The number of hydrogen-bond acceptors (Lipinski definition) is 17. The molecule has 0 bridgehead atoms. The summed E-state index contributed by atoms with van der Waals surface area (Å²) in [6.07, 6.45) is 17.7. The quantitative estimate of drug-likeness (QED) is 0.0396. The van der Waals surface area contributed by atoms with Crippen LogP contribution in [0.1, 0.15) is 245 Å². The lowest BCUT2D eigenvalue weighted by Crippen LogP contribution is -2.40. The van der Waals surface area contributed by atoms with Gasteiger partial charge in [-0.2, -0.15) is 0 Å². The third kappa shape index (κ3) is 25.5. The Morgan fingerprint density at radius 3 is 0.986 bits per heavy atom. The Hall–Kier alpha value is -12.0. The van der Waals surface area contributed by atoms with Crippen molar-refractivity contribution in [2.75, 3.05) is 35.5 Å². The van der Waals surface area contributed by atoms with Gasteiger partial charge in [0.2, 0.25) is 0 Å². The first kappa shape index (κ1) is 111. The molecule has 0 radical (unpaired) electrons. The van der Waals surface area contributed by atoms with E-state index in [-0.39, 0.29) is 42.6 Å². The zero-order chi connectivity index (χ0) is 105. The van der Waals surface area contributed by atoms with Gasteiger partial charge in [-0.15, -0.1) is 0 Å². The molecule has 0 aliphatic heterocycles. The summed E-state index contributed by atoms with van der Waals surface area (Å²) >= 11 is 7.46. The van der Waals surface area contributed by atoms with Gasteiger partial charge in [-0.05, 0) is 314 Å². The molecule has 2 fully saturated rings. The summed E-state index contributed by atoms with van der Waals surface area (Å²) in [5.41, 5.74) is 20.4. The van der Waals surface area contributed by atoms with Gasteiger partial charge in [-0.25, -0.2) is 34.3 Å². The van der Waals surface area contributed by atoms with Crippen LogP contribution in [0.4, 0.5) is 14.4 Å². The molecule has 8 aromatic carbocycles. The van der Waals surface area contributed by atoms with Crippen LogP contribution in [0.2, 0.25) is 0 Å².